The molecule has 1 N–H and O–H groups in total. The average Bonchev–Trinajstić information content (AvgIpc) is 2.65. The molecular formula is C20H15Cl3N4. The van der Waals surface area contributed by atoms with E-state index in [2.05, 4.69) is 26.9 Å². The summed E-state index contributed by atoms with van der Waals surface area (Å²) in [6.07, 6.45) is 5.13. The monoisotopic (exact) mass is 416 g/mol. The van der Waals surface area contributed by atoms with E-state index in [1.807, 2.05) is 12.1 Å². The van der Waals surface area contributed by atoms with Crippen molar-refractivity contribution in [2.45, 2.75) is 0 Å². The molecule has 0 aliphatic rings. The van der Waals surface area contributed by atoms with E-state index < -0.39 is 0 Å². The summed E-state index contributed by atoms with van der Waals surface area (Å²) >= 11 is 18.3. The molecule has 27 heavy (non-hydrogen) atoms. The van der Waals surface area contributed by atoms with Crippen molar-refractivity contribution in [1.29, 1.82) is 0 Å². The molecule has 0 aliphatic carbocycles. The molecule has 0 aliphatic heterocycles. The Bertz CT molecular complexity index is 1070. The smallest absolute Gasteiger partial charge is 0.162 e. The third-order valence-electron chi connectivity index (χ3n) is 3.72. The molecule has 4 nitrogen and oxygen atoms in total. The van der Waals surface area contributed by atoms with Crippen LogP contribution < -0.4 is 5.32 Å². The number of rotatable bonds is 5. The topological polar surface area (TPSA) is 50.2 Å². The van der Waals surface area contributed by atoms with Gasteiger partial charge in [0.05, 0.1) is 15.6 Å². The quantitative estimate of drug-likeness (QED) is 0.375. The maximum Gasteiger partial charge on any atom is 0.162 e. The molecule has 0 amide bonds. The van der Waals surface area contributed by atoms with E-state index in [4.69, 9.17) is 34.8 Å². The highest BCUT2D eigenvalue weighted by molar-refractivity contribution is 6.42. The number of halogens is 3. The molecule has 0 atom stereocenters. The van der Waals surface area contributed by atoms with E-state index in [9.17, 15) is 0 Å². The summed E-state index contributed by atoms with van der Waals surface area (Å²) in [6.45, 7) is 3.83. The van der Waals surface area contributed by atoms with Crippen LogP contribution >= 0.6 is 34.8 Å². The second kappa shape index (κ2) is 8.53. The molecule has 1 aromatic heterocycles. The maximum atomic E-state index is 6.15. The number of nitrogens with zero attached hydrogens (tertiary/aromatic N) is 3. The highest BCUT2D eigenvalue weighted by Gasteiger charge is 2.11. The molecule has 7 heteroatoms. The van der Waals surface area contributed by atoms with E-state index >= 15 is 0 Å². The lowest BCUT2D eigenvalue weighted by atomic mass is 10.2. The lowest BCUT2D eigenvalue weighted by molar-refractivity contribution is 1.17. The van der Waals surface area contributed by atoms with Gasteiger partial charge >= 0.3 is 0 Å². The maximum absolute atomic E-state index is 6.15. The molecule has 3 rings (SSSR count). The van der Waals surface area contributed by atoms with Gasteiger partial charge in [0.2, 0.25) is 0 Å². The molecule has 2 aromatic carbocycles. The highest BCUT2D eigenvalue weighted by Crippen LogP contribution is 2.30. The number of anilines is 2. The van der Waals surface area contributed by atoms with Crippen molar-refractivity contribution in [3.05, 3.63) is 76.0 Å². The summed E-state index contributed by atoms with van der Waals surface area (Å²) in [5.74, 6) is 1.12. The van der Waals surface area contributed by atoms with Crippen molar-refractivity contribution in [3.63, 3.8) is 0 Å². The normalized spacial score (nSPS) is 11.9. The summed E-state index contributed by atoms with van der Waals surface area (Å²) in [5, 5.41) is 5.63. The van der Waals surface area contributed by atoms with Crippen molar-refractivity contribution in [2.24, 2.45) is 4.99 Å². The van der Waals surface area contributed by atoms with Gasteiger partial charge in [0, 0.05) is 34.9 Å². The van der Waals surface area contributed by atoms with Crippen LogP contribution in [0.1, 0.15) is 5.82 Å². The Labute approximate surface area is 172 Å². The van der Waals surface area contributed by atoms with Crippen LogP contribution in [0.4, 0.5) is 11.5 Å². The first-order valence-corrected chi connectivity index (χ1v) is 9.10. The van der Waals surface area contributed by atoms with E-state index in [0.29, 0.717) is 32.2 Å². The third kappa shape index (κ3) is 4.48. The fraction of sp³-hybridized carbons (Fsp3) is 0.0500. The summed E-state index contributed by atoms with van der Waals surface area (Å²) in [4.78, 5) is 13.2. The van der Waals surface area contributed by atoms with Gasteiger partial charge in [0.15, 0.2) is 5.82 Å². The SMILES string of the molecule is C=C/C(=C\C=NC)c1nc(Nc2ccc(Cl)c(Cl)c2)c2ccc(Cl)cc2n1. The number of hydrogen-bond donors (Lipinski definition) is 1. The number of hydrogen-bond acceptors (Lipinski definition) is 4. The molecule has 3 aromatic rings. The second-order valence-electron chi connectivity index (χ2n) is 5.54. The van der Waals surface area contributed by atoms with E-state index in [-0.39, 0.29) is 0 Å². The van der Waals surface area contributed by atoms with Crippen molar-refractivity contribution < 1.29 is 0 Å². The molecule has 0 bridgehead atoms. The third-order valence-corrected chi connectivity index (χ3v) is 4.70. The van der Waals surface area contributed by atoms with Crippen molar-refractivity contribution in [2.75, 3.05) is 12.4 Å². The van der Waals surface area contributed by atoms with Gasteiger partial charge in [-0.25, -0.2) is 9.97 Å². The van der Waals surface area contributed by atoms with Gasteiger partial charge in [0.1, 0.15) is 5.82 Å². The van der Waals surface area contributed by atoms with Crippen LogP contribution in [0.2, 0.25) is 15.1 Å². The molecule has 0 fully saturated rings. The number of fused-ring (bicyclic) bond motifs is 1. The molecule has 1 heterocycles. The Morgan fingerprint density at radius 1 is 1.07 bits per heavy atom. The first-order valence-electron chi connectivity index (χ1n) is 7.96. The summed E-state index contributed by atoms with van der Waals surface area (Å²) in [7, 11) is 1.69. The summed E-state index contributed by atoms with van der Waals surface area (Å²) < 4.78 is 0. The average molecular weight is 418 g/mol. The van der Waals surface area contributed by atoms with E-state index in [1.165, 1.54) is 0 Å². The van der Waals surface area contributed by atoms with Crippen LogP contribution in [-0.2, 0) is 0 Å². The van der Waals surface area contributed by atoms with Gasteiger partial charge in [0.25, 0.3) is 0 Å². The van der Waals surface area contributed by atoms with Crippen LogP contribution in [0, 0.1) is 0 Å². The van der Waals surface area contributed by atoms with Crippen LogP contribution in [0.25, 0.3) is 16.5 Å². The highest BCUT2D eigenvalue weighted by atomic mass is 35.5. The van der Waals surface area contributed by atoms with Gasteiger partial charge in [-0.1, -0.05) is 47.5 Å². The van der Waals surface area contributed by atoms with Crippen LogP contribution in [0.15, 0.2) is 60.1 Å². The molecule has 0 unspecified atom stereocenters. The predicted molar refractivity (Wildman–Crippen MR) is 117 cm³/mol. The zero-order chi connectivity index (χ0) is 19.4. The number of benzene rings is 2. The first-order chi connectivity index (χ1) is 13.0. The van der Waals surface area contributed by atoms with E-state index in [0.717, 1.165) is 16.6 Å². The van der Waals surface area contributed by atoms with Gasteiger partial charge in [-0.3, -0.25) is 4.99 Å². The number of aliphatic imine (C=N–C) groups is 1. The van der Waals surface area contributed by atoms with Gasteiger partial charge in [-0.15, -0.1) is 0 Å². The Morgan fingerprint density at radius 2 is 1.89 bits per heavy atom. The molecule has 0 spiro atoms. The zero-order valence-electron chi connectivity index (χ0n) is 14.4. The second-order valence-corrected chi connectivity index (χ2v) is 6.80. The fourth-order valence-electron chi connectivity index (χ4n) is 2.43. The Balaban J connectivity index is 2.17. The molecular weight excluding hydrogens is 403 g/mol. The largest absolute Gasteiger partial charge is 0.340 e. The van der Waals surface area contributed by atoms with Crippen LogP contribution in [-0.4, -0.2) is 23.2 Å². The number of nitrogens with one attached hydrogen (secondary N) is 1. The molecule has 0 saturated heterocycles. The summed E-state index contributed by atoms with van der Waals surface area (Å²) in [5.41, 5.74) is 2.19. The Hall–Kier alpha value is -2.40. The number of aromatic nitrogens is 2. The predicted octanol–water partition coefficient (Wildman–Crippen LogP) is 6.60. The van der Waals surface area contributed by atoms with Gasteiger partial charge < -0.3 is 5.32 Å². The molecule has 136 valence electrons. The Morgan fingerprint density at radius 3 is 2.59 bits per heavy atom. The number of allylic oxidation sites excluding steroid dienone is 3. The Kier molecular flexibility index (Phi) is 6.11. The van der Waals surface area contributed by atoms with Crippen molar-refractivity contribution in [1.82, 2.24) is 9.97 Å². The molecule has 0 saturated carbocycles. The van der Waals surface area contributed by atoms with E-state index in [1.54, 1.807) is 49.7 Å². The minimum absolute atomic E-state index is 0.453. The van der Waals surface area contributed by atoms with Crippen molar-refractivity contribution >= 4 is 69.0 Å². The molecule has 0 radical (unpaired) electrons. The fourth-order valence-corrected chi connectivity index (χ4v) is 2.89. The van der Waals surface area contributed by atoms with Gasteiger partial charge in [-0.2, -0.15) is 0 Å². The summed E-state index contributed by atoms with van der Waals surface area (Å²) in [6, 6.07) is 10.7. The van der Waals surface area contributed by atoms with Gasteiger partial charge in [-0.05, 0) is 42.5 Å². The zero-order valence-corrected chi connectivity index (χ0v) is 16.6. The van der Waals surface area contributed by atoms with Crippen molar-refractivity contribution in [3.8, 4) is 0 Å². The first kappa shape index (κ1) is 19.4. The standard InChI is InChI=1S/C20H15Cl3N4/c1-3-12(8-9-24-2)19-26-18-10-13(21)4-6-15(18)20(27-19)25-14-5-7-16(22)17(23)11-14/h3-11H,1H2,2H3,(H,25,26,27)/b12-8+,24-9?. The minimum Gasteiger partial charge on any atom is -0.340 e. The minimum atomic E-state index is 0.453. The van der Waals surface area contributed by atoms with Crippen LogP contribution in [0.5, 0.6) is 0 Å². The van der Waals surface area contributed by atoms with Crippen LogP contribution in [0.3, 0.4) is 0 Å². The lowest BCUT2D eigenvalue weighted by Crippen LogP contribution is -2.01. The lowest BCUT2D eigenvalue weighted by Gasteiger charge is -2.12.